The van der Waals surface area contributed by atoms with Crippen molar-refractivity contribution in [3.63, 3.8) is 0 Å². The van der Waals surface area contributed by atoms with Crippen molar-refractivity contribution in [2.45, 2.75) is 20.3 Å². The summed E-state index contributed by atoms with van der Waals surface area (Å²) < 4.78 is 4.94. The van der Waals surface area contributed by atoms with Crippen LogP contribution in [-0.2, 0) is 16.0 Å². The molecule has 100 valence electrons. The molecule has 0 fully saturated rings. The van der Waals surface area contributed by atoms with Gasteiger partial charge in [-0.25, -0.2) is 4.98 Å². The monoisotopic (exact) mass is 277 g/mol. The van der Waals surface area contributed by atoms with E-state index in [1.165, 1.54) is 11.3 Å². The fourth-order valence-corrected chi connectivity index (χ4v) is 2.52. The van der Waals surface area contributed by atoms with Crippen molar-refractivity contribution in [1.29, 1.82) is 0 Å². The van der Waals surface area contributed by atoms with Gasteiger partial charge in [0.1, 0.15) is 0 Å². The number of rotatable bonds is 5. The summed E-state index contributed by atoms with van der Waals surface area (Å²) in [5.41, 5.74) is 1.73. The minimum atomic E-state index is -0.220. The Morgan fingerprint density at radius 1 is 1.53 bits per heavy atom. The second-order valence-electron chi connectivity index (χ2n) is 3.88. The lowest BCUT2D eigenvalue weighted by Gasteiger charge is -2.00. The Balaban J connectivity index is 2.06. The van der Waals surface area contributed by atoms with E-state index in [9.17, 15) is 4.79 Å². The highest BCUT2D eigenvalue weighted by Crippen LogP contribution is 2.25. The predicted octanol–water partition coefficient (Wildman–Crippen LogP) is 2.70. The van der Waals surface area contributed by atoms with E-state index in [1.807, 2.05) is 19.1 Å². The average Bonchev–Trinajstić information content (AvgIpc) is 2.71. The molecule has 0 saturated heterocycles. The second-order valence-corrected chi connectivity index (χ2v) is 4.96. The average molecular weight is 277 g/mol. The molecule has 0 bridgehead atoms. The normalized spacial score (nSPS) is 10.2. The first kappa shape index (κ1) is 13.5. The van der Waals surface area contributed by atoms with Crippen LogP contribution < -0.4 is 5.32 Å². The van der Waals surface area contributed by atoms with Crippen LogP contribution in [-0.4, -0.2) is 22.5 Å². The van der Waals surface area contributed by atoms with Crippen LogP contribution in [0.25, 0.3) is 0 Å². The molecule has 0 saturated carbocycles. The van der Waals surface area contributed by atoms with Crippen molar-refractivity contribution in [3.8, 4) is 0 Å². The van der Waals surface area contributed by atoms with Gasteiger partial charge in [0, 0.05) is 11.1 Å². The molecule has 0 aromatic carbocycles. The molecule has 0 aliphatic heterocycles. The first-order valence-electron chi connectivity index (χ1n) is 5.98. The Hall–Kier alpha value is -1.95. The molecule has 2 rings (SSSR count). The lowest BCUT2D eigenvalue weighted by Crippen LogP contribution is -2.07. The minimum Gasteiger partial charge on any atom is -0.466 e. The van der Waals surface area contributed by atoms with Gasteiger partial charge in [-0.3, -0.25) is 9.78 Å². The highest BCUT2D eigenvalue weighted by Gasteiger charge is 2.12. The maximum absolute atomic E-state index is 11.5. The number of carbonyl (C=O) groups excluding carboxylic acids is 1. The van der Waals surface area contributed by atoms with Crippen LogP contribution in [0, 0.1) is 6.92 Å². The van der Waals surface area contributed by atoms with Gasteiger partial charge in [0.25, 0.3) is 0 Å². The van der Waals surface area contributed by atoms with Crippen LogP contribution in [0.2, 0.25) is 0 Å². The number of anilines is 2. The van der Waals surface area contributed by atoms with Crippen LogP contribution in [0.1, 0.15) is 17.5 Å². The van der Waals surface area contributed by atoms with Gasteiger partial charge >= 0.3 is 5.97 Å². The van der Waals surface area contributed by atoms with E-state index in [0.29, 0.717) is 6.61 Å². The van der Waals surface area contributed by atoms with E-state index >= 15 is 0 Å². The van der Waals surface area contributed by atoms with E-state index in [0.717, 1.165) is 21.4 Å². The lowest BCUT2D eigenvalue weighted by molar-refractivity contribution is -0.142. The van der Waals surface area contributed by atoms with Gasteiger partial charge in [-0.1, -0.05) is 0 Å². The summed E-state index contributed by atoms with van der Waals surface area (Å²) in [5, 5.41) is 3.92. The summed E-state index contributed by atoms with van der Waals surface area (Å²) in [4.78, 5) is 20.8. The topological polar surface area (TPSA) is 64.1 Å². The Labute approximate surface area is 115 Å². The van der Waals surface area contributed by atoms with Crippen molar-refractivity contribution < 1.29 is 9.53 Å². The lowest BCUT2D eigenvalue weighted by atomic mass is 10.3. The maximum Gasteiger partial charge on any atom is 0.311 e. The Morgan fingerprint density at radius 2 is 2.37 bits per heavy atom. The molecule has 5 nitrogen and oxygen atoms in total. The number of thiazole rings is 1. The molecule has 1 N–H and O–H groups in total. The number of esters is 1. The van der Waals surface area contributed by atoms with Crippen LogP contribution in [0.15, 0.2) is 24.5 Å². The fraction of sp³-hybridized carbons (Fsp3) is 0.308. The largest absolute Gasteiger partial charge is 0.466 e. The van der Waals surface area contributed by atoms with E-state index in [1.54, 1.807) is 19.3 Å². The number of aryl methyl sites for hydroxylation is 1. The van der Waals surface area contributed by atoms with Gasteiger partial charge < -0.3 is 10.1 Å². The summed E-state index contributed by atoms with van der Waals surface area (Å²) in [6.45, 7) is 4.09. The third kappa shape index (κ3) is 3.75. The number of hydrogen-bond acceptors (Lipinski definition) is 6. The Bertz CT molecular complexity index is 554. The maximum atomic E-state index is 11.5. The third-order valence-corrected chi connectivity index (χ3v) is 3.49. The zero-order valence-electron chi connectivity index (χ0n) is 10.8. The van der Waals surface area contributed by atoms with E-state index in [2.05, 4.69) is 15.3 Å². The molecular weight excluding hydrogens is 262 g/mol. The summed E-state index contributed by atoms with van der Waals surface area (Å²) >= 11 is 1.46. The van der Waals surface area contributed by atoms with Gasteiger partial charge in [0.15, 0.2) is 5.13 Å². The third-order valence-electron chi connectivity index (χ3n) is 2.42. The molecule has 2 heterocycles. The molecule has 2 aromatic rings. The number of nitrogens with one attached hydrogen (secondary N) is 1. The second kappa shape index (κ2) is 6.29. The summed E-state index contributed by atoms with van der Waals surface area (Å²) in [7, 11) is 0. The van der Waals surface area contributed by atoms with Crippen LogP contribution in [0.3, 0.4) is 0 Å². The van der Waals surface area contributed by atoms with Crippen molar-refractivity contribution in [3.05, 3.63) is 35.1 Å². The molecule has 0 atom stereocenters. The van der Waals surface area contributed by atoms with Gasteiger partial charge in [-0.05, 0) is 26.0 Å². The fourth-order valence-electron chi connectivity index (χ4n) is 1.55. The van der Waals surface area contributed by atoms with Crippen LogP contribution >= 0.6 is 11.3 Å². The molecule has 2 aromatic heterocycles. The highest BCUT2D eigenvalue weighted by molar-refractivity contribution is 7.15. The van der Waals surface area contributed by atoms with E-state index in [4.69, 9.17) is 4.74 Å². The van der Waals surface area contributed by atoms with Crippen molar-refractivity contribution in [2.24, 2.45) is 0 Å². The SMILES string of the molecule is CCOC(=O)Cc1sc(Nc2cccnc2)nc1C. The number of aromatic nitrogens is 2. The van der Waals surface area contributed by atoms with Gasteiger partial charge in [-0.2, -0.15) is 0 Å². The molecule has 0 aliphatic rings. The number of ether oxygens (including phenoxy) is 1. The number of nitrogens with zero attached hydrogens (tertiary/aromatic N) is 2. The van der Waals surface area contributed by atoms with E-state index < -0.39 is 0 Å². The van der Waals surface area contributed by atoms with Gasteiger partial charge in [-0.15, -0.1) is 11.3 Å². The number of hydrogen-bond donors (Lipinski definition) is 1. The quantitative estimate of drug-likeness (QED) is 0.851. The molecule has 0 amide bonds. The molecule has 0 unspecified atom stereocenters. The van der Waals surface area contributed by atoms with Gasteiger partial charge in [0.05, 0.1) is 30.6 Å². The number of carbonyl (C=O) groups is 1. The first-order valence-corrected chi connectivity index (χ1v) is 6.79. The van der Waals surface area contributed by atoms with Crippen molar-refractivity contribution in [2.75, 3.05) is 11.9 Å². The first-order chi connectivity index (χ1) is 9.19. The standard InChI is InChI=1S/C13H15N3O2S/c1-3-18-12(17)7-11-9(2)15-13(19-11)16-10-5-4-6-14-8-10/h4-6,8H,3,7H2,1-2H3,(H,15,16). The van der Waals surface area contributed by atoms with E-state index in [-0.39, 0.29) is 12.4 Å². The predicted molar refractivity (Wildman–Crippen MR) is 74.7 cm³/mol. The van der Waals surface area contributed by atoms with Crippen molar-refractivity contribution in [1.82, 2.24) is 9.97 Å². The summed E-state index contributed by atoms with van der Waals surface area (Å²) in [6, 6.07) is 3.76. The molecule has 0 spiro atoms. The molecule has 6 heteroatoms. The van der Waals surface area contributed by atoms with Crippen molar-refractivity contribution >= 4 is 28.1 Å². The highest BCUT2D eigenvalue weighted by atomic mass is 32.1. The summed E-state index contributed by atoms with van der Waals surface area (Å²) in [6.07, 6.45) is 3.71. The van der Waals surface area contributed by atoms with Gasteiger partial charge in [0.2, 0.25) is 0 Å². The molecular formula is C13H15N3O2S. The summed E-state index contributed by atoms with van der Waals surface area (Å²) in [5.74, 6) is -0.220. The van der Waals surface area contributed by atoms with Crippen LogP contribution in [0.5, 0.6) is 0 Å². The van der Waals surface area contributed by atoms with Crippen LogP contribution in [0.4, 0.5) is 10.8 Å². The molecule has 0 radical (unpaired) electrons. The number of pyridine rings is 1. The smallest absolute Gasteiger partial charge is 0.311 e. The Morgan fingerprint density at radius 3 is 3.05 bits per heavy atom. The zero-order valence-corrected chi connectivity index (χ0v) is 11.7. The molecule has 0 aliphatic carbocycles. The minimum absolute atomic E-state index is 0.220. The zero-order chi connectivity index (χ0) is 13.7. The molecule has 19 heavy (non-hydrogen) atoms. The Kier molecular flexibility index (Phi) is 4.46.